The van der Waals surface area contributed by atoms with E-state index in [2.05, 4.69) is 4.58 Å². The van der Waals surface area contributed by atoms with Crippen LogP contribution in [0.4, 0.5) is 13.2 Å². The molecule has 1 aromatic rings. The molecule has 0 spiro atoms. The van der Waals surface area contributed by atoms with Crippen molar-refractivity contribution >= 4 is 27.9 Å². The maximum Gasteiger partial charge on any atom is 0.416 e. The third-order valence-electron chi connectivity index (χ3n) is 2.56. The van der Waals surface area contributed by atoms with Crippen molar-refractivity contribution in [2.24, 2.45) is 0 Å². The molecular formula is C13H17F3NS2+. The quantitative estimate of drug-likeness (QED) is 0.348. The first-order valence-electron chi connectivity index (χ1n) is 5.93. The van der Waals surface area contributed by atoms with E-state index in [1.807, 2.05) is 20.1 Å². The van der Waals surface area contributed by atoms with Gasteiger partial charge in [0.25, 0.3) is 4.38 Å². The molecule has 1 aromatic carbocycles. The highest BCUT2D eigenvalue weighted by Crippen LogP contribution is 2.33. The summed E-state index contributed by atoms with van der Waals surface area (Å²) in [5, 5.41) is 0. The Bertz CT molecular complexity index is 449. The summed E-state index contributed by atoms with van der Waals surface area (Å²) in [6.45, 7) is 5.76. The number of halogens is 3. The molecule has 0 atom stereocenters. The lowest BCUT2D eigenvalue weighted by molar-refractivity contribution is -0.515. The molecule has 0 fully saturated rings. The van der Waals surface area contributed by atoms with Gasteiger partial charge in [-0.1, -0.05) is 17.8 Å². The number of rotatable bonds is 3. The Morgan fingerprint density at radius 1 is 1.21 bits per heavy atom. The summed E-state index contributed by atoms with van der Waals surface area (Å²) < 4.78 is 41.1. The van der Waals surface area contributed by atoms with Gasteiger partial charge in [0.05, 0.1) is 5.56 Å². The molecule has 0 aliphatic heterocycles. The summed E-state index contributed by atoms with van der Waals surface area (Å²) in [5.74, 6) is 0. The van der Waals surface area contributed by atoms with Gasteiger partial charge in [-0.15, -0.1) is 0 Å². The summed E-state index contributed by atoms with van der Waals surface area (Å²) in [6.07, 6.45) is -2.35. The zero-order valence-electron chi connectivity index (χ0n) is 11.1. The van der Waals surface area contributed by atoms with E-state index in [9.17, 15) is 13.2 Å². The summed E-state index contributed by atoms with van der Waals surface area (Å²) >= 11 is 2.94. The second-order valence-corrected chi connectivity index (χ2v) is 5.89. The van der Waals surface area contributed by atoms with Crippen LogP contribution in [-0.2, 0) is 6.18 Å². The maximum absolute atomic E-state index is 12.6. The molecule has 0 radical (unpaired) electrons. The Balaban J connectivity index is 3.02. The molecule has 0 amide bonds. The minimum absolute atomic E-state index is 0.600. The first kappa shape index (κ1) is 16.4. The Labute approximate surface area is 120 Å². The lowest BCUT2D eigenvalue weighted by Crippen LogP contribution is -2.16. The number of thioether (sulfide) groups is 2. The van der Waals surface area contributed by atoms with Crippen LogP contribution in [-0.4, -0.2) is 28.3 Å². The Morgan fingerprint density at radius 2 is 1.84 bits per heavy atom. The van der Waals surface area contributed by atoms with Gasteiger partial charge in [-0.2, -0.15) is 13.2 Å². The van der Waals surface area contributed by atoms with Gasteiger partial charge in [0.1, 0.15) is 13.1 Å². The van der Waals surface area contributed by atoms with E-state index in [4.69, 9.17) is 0 Å². The summed E-state index contributed by atoms with van der Waals surface area (Å²) in [4.78, 5) is 0.617. The van der Waals surface area contributed by atoms with Crippen LogP contribution in [0.3, 0.4) is 0 Å². The highest BCUT2D eigenvalue weighted by molar-refractivity contribution is 8.38. The molecule has 0 unspecified atom stereocenters. The molecule has 6 heteroatoms. The van der Waals surface area contributed by atoms with Gasteiger partial charge in [0, 0.05) is 4.90 Å². The van der Waals surface area contributed by atoms with E-state index < -0.39 is 11.7 Å². The average Bonchev–Trinajstić information content (AvgIpc) is 2.38. The third kappa shape index (κ3) is 4.76. The fourth-order valence-corrected chi connectivity index (χ4v) is 3.61. The van der Waals surface area contributed by atoms with Gasteiger partial charge >= 0.3 is 6.18 Å². The SMILES string of the molecule is CC[N+](CC)=C(SC)Sc1cccc(C(F)(F)F)c1. The normalized spacial score (nSPS) is 11.5. The van der Waals surface area contributed by atoms with Crippen molar-refractivity contribution in [1.82, 2.24) is 0 Å². The largest absolute Gasteiger partial charge is 0.416 e. The number of hydrogen-bond acceptors (Lipinski definition) is 2. The number of nitrogens with zero attached hydrogens (tertiary/aromatic N) is 1. The smallest absolute Gasteiger partial charge is 0.219 e. The Kier molecular flexibility index (Phi) is 6.26. The molecule has 1 nitrogen and oxygen atoms in total. The zero-order valence-corrected chi connectivity index (χ0v) is 12.8. The molecular weight excluding hydrogens is 291 g/mol. The molecule has 19 heavy (non-hydrogen) atoms. The van der Waals surface area contributed by atoms with Gasteiger partial charge in [-0.05, 0) is 50.1 Å². The minimum Gasteiger partial charge on any atom is -0.219 e. The van der Waals surface area contributed by atoms with Crippen LogP contribution in [0.5, 0.6) is 0 Å². The molecule has 106 valence electrons. The van der Waals surface area contributed by atoms with Crippen LogP contribution in [0.1, 0.15) is 19.4 Å². The van der Waals surface area contributed by atoms with Crippen LogP contribution in [0, 0.1) is 0 Å². The summed E-state index contributed by atoms with van der Waals surface area (Å²) in [7, 11) is 0. The van der Waals surface area contributed by atoms with Crippen molar-refractivity contribution in [3.63, 3.8) is 0 Å². The second-order valence-electron chi connectivity index (χ2n) is 3.77. The molecule has 0 heterocycles. The van der Waals surface area contributed by atoms with E-state index in [0.717, 1.165) is 23.5 Å². The predicted octanol–water partition coefficient (Wildman–Crippen LogP) is 4.57. The summed E-state index contributed by atoms with van der Waals surface area (Å²) in [6, 6.07) is 5.45. The molecule has 0 aromatic heterocycles. The molecule has 0 aliphatic rings. The van der Waals surface area contributed by atoms with Gasteiger partial charge in [0.15, 0.2) is 0 Å². The molecule has 0 saturated carbocycles. The lowest BCUT2D eigenvalue weighted by atomic mass is 10.2. The molecule has 1 rings (SSSR count). The van der Waals surface area contributed by atoms with E-state index in [0.29, 0.717) is 4.90 Å². The van der Waals surface area contributed by atoms with Gasteiger partial charge in [-0.25, -0.2) is 4.58 Å². The maximum atomic E-state index is 12.6. The fraction of sp³-hybridized carbons (Fsp3) is 0.462. The Hall–Kier alpha value is -0.620. The second kappa shape index (κ2) is 7.24. The first-order chi connectivity index (χ1) is 8.92. The highest BCUT2D eigenvalue weighted by Gasteiger charge is 2.30. The number of alkyl halides is 3. The standard InChI is InChI=1S/C13H17F3NS2/c1-4-17(5-2)12(18-3)19-11-8-6-7-10(9-11)13(14,15)16/h6-9H,4-5H2,1-3H3/q+1. The van der Waals surface area contributed by atoms with E-state index in [-0.39, 0.29) is 0 Å². The van der Waals surface area contributed by atoms with Crippen molar-refractivity contribution in [1.29, 1.82) is 0 Å². The van der Waals surface area contributed by atoms with Crippen molar-refractivity contribution in [3.05, 3.63) is 29.8 Å². The van der Waals surface area contributed by atoms with Gasteiger partial charge < -0.3 is 0 Å². The summed E-state index contributed by atoms with van der Waals surface area (Å²) in [5.41, 5.74) is -0.600. The van der Waals surface area contributed by atoms with E-state index in [1.165, 1.54) is 23.9 Å². The van der Waals surface area contributed by atoms with Crippen LogP contribution >= 0.6 is 23.5 Å². The topological polar surface area (TPSA) is 3.01 Å². The molecule has 0 N–H and O–H groups in total. The minimum atomic E-state index is -4.29. The molecule has 0 saturated heterocycles. The Morgan fingerprint density at radius 3 is 2.32 bits per heavy atom. The van der Waals surface area contributed by atoms with Crippen molar-refractivity contribution in [3.8, 4) is 0 Å². The zero-order chi connectivity index (χ0) is 14.5. The van der Waals surface area contributed by atoms with Crippen molar-refractivity contribution < 1.29 is 17.7 Å². The first-order valence-corrected chi connectivity index (χ1v) is 7.97. The van der Waals surface area contributed by atoms with Crippen LogP contribution in [0.2, 0.25) is 0 Å². The molecule has 0 bridgehead atoms. The predicted molar refractivity (Wildman–Crippen MR) is 77.2 cm³/mol. The molecule has 0 aliphatic carbocycles. The van der Waals surface area contributed by atoms with E-state index >= 15 is 0 Å². The van der Waals surface area contributed by atoms with E-state index in [1.54, 1.807) is 17.8 Å². The average molecular weight is 308 g/mol. The highest BCUT2D eigenvalue weighted by atomic mass is 32.2. The van der Waals surface area contributed by atoms with Crippen LogP contribution < -0.4 is 0 Å². The van der Waals surface area contributed by atoms with Crippen molar-refractivity contribution in [2.45, 2.75) is 24.9 Å². The van der Waals surface area contributed by atoms with Crippen molar-refractivity contribution in [2.75, 3.05) is 19.3 Å². The monoisotopic (exact) mass is 308 g/mol. The fourth-order valence-electron chi connectivity index (χ4n) is 1.55. The number of hydrogen-bond donors (Lipinski definition) is 0. The number of benzene rings is 1. The van der Waals surface area contributed by atoms with Crippen LogP contribution in [0.15, 0.2) is 29.2 Å². The third-order valence-corrected chi connectivity index (χ3v) is 4.84. The lowest BCUT2D eigenvalue weighted by Gasteiger charge is -2.09. The van der Waals surface area contributed by atoms with Gasteiger partial charge in [-0.3, -0.25) is 0 Å². The van der Waals surface area contributed by atoms with Gasteiger partial charge in [0.2, 0.25) is 0 Å². The van der Waals surface area contributed by atoms with Crippen LogP contribution in [0.25, 0.3) is 0 Å².